The van der Waals surface area contributed by atoms with E-state index in [9.17, 15) is 18.0 Å². The number of sulfone groups is 1. The number of ether oxygens (including phenoxy) is 1. The Balaban J connectivity index is 3.86. The summed E-state index contributed by atoms with van der Waals surface area (Å²) in [6, 6.07) is 0. The van der Waals surface area contributed by atoms with Gasteiger partial charge in [0, 0.05) is 19.8 Å². The molecule has 0 heterocycles. The normalized spacial score (nSPS) is 11.1. The number of hydrogen-bond acceptors (Lipinski definition) is 5. The number of likely N-dealkylation sites (N-methyl/N-ethyl adjacent to an activating group) is 1. The topological polar surface area (TPSA) is 101 Å². The lowest BCUT2D eigenvalue weighted by molar-refractivity contribution is -0.145. The fourth-order valence-electron chi connectivity index (χ4n) is 0.763. The smallest absolute Gasteiger partial charge is 0.329 e. The van der Waals surface area contributed by atoms with E-state index in [1.54, 1.807) is 0 Å². The first kappa shape index (κ1) is 14.8. The fraction of sp³-hybridized carbons (Fsp3) is 0.750. The van der Waals surface area contributed by atoms with Crippen LogP contribution >= 0.6 is 0 Å². The molecule has 16 heavy (non-hydrogen) atoms. The summed E-state index contributed by atoms with van der Waals surface area (Å²) in [6.07, 6.45) is 1.08. The number of rotatable bonds is 7. The van der Waals surface area contributed by atoms with Gasteiger partial charge in [0.15, 0.2) is 0 Å². The molecule has 0 rings (SSSR count). The Kier molecular flexibility index (Phi) is 5.97. The molecule has 0 spiro atoms. The van der Waals surface area contributed by atoms with E-state index >= 15 is 0 Å². The summed E-state index contributed by atoms with van der Waals surface area (Å²) < 4.78 is 26.2. The quantitative estimate of drug-likeness (QED) is 0.598. The maximum Gasteiger partial charge on any atom is 0.329 e. The van der Waals surface area contributed by atoms with Crippen LogP contribution in [0.15, 0.2) is 0 Å². The van der Waals surface area contributed by atoms with Crippen LogP contribution in [0.2, 0.25) is 0 Å². The van der Waals surface area contributed by atoms with Gasteiger partial charge in [0.1, 0.15) is 23.1 Å². The van der Waals surface area contributed by atoms with Crippen molar-refractivity contribution in [2.45, 2.75) is 0 Å². The highest BCUT2D eigenvalue weighted by Gasteiger charge is 2.12. The van der Waals surface area contributed by atoms with Crippen LogP contribution in [0.1, 0.15) is 0 Å². The van der Waals surface area contributed by atoms with E-state index in [1.807, 2.05) is 0 Å². The number of carboxylic acids is 1. The molecule has 0 fully saturated rings. The third kappa shape index (κ3) is 8.18. The molecule has 0 aromatic rings. The molecule has 94 valence electrons. The van der Waals surface area contributed by atoms with Crippen molar-refractivity contribution >= 4 is 21.7 Å². The van der Waals surface area contributed by atoms with E-state index in [-0.39, 0.29) is 18.9 Å². The second-order valence-corrected chi connectivity index (χ2v) is 5.59. The van der Waals surface area contributed by atoms with E-state index in [0.717, 1.165) is 6.26 Å². The van der Waals surface area contributed by atoms with Crippen LogP contribution in [-0.4, -0.2) is 69.1 Å². The van der Waals surface area contributed by atoms with Crippen molar-refractivity contribution in [1.29, 1.82) is 0 Å². The molecule has 0 atom stereocenters. The predicted molar refractivity (Wildman–Crippen MR) is 55.8 cm³/mol. The summed E-state index contributed by atoms with van der Waals surface area (Å²) in [5.41, 5.74) is 0. The first-order chi connectivity index (χ1) is 7.22. The van der Waals surface area contributed by atoms with Crippen molar-refractivity contribution in [1.82, 2.24) is 4.90 Å². The number of carbonyl (C=O) groups excluding carboxylic acids is 1. The molecule has 0 saturated carbocycles. The van der Waals surface area contributed by atoms with Gasteiger partial charge in [0.2, 0.25) is 5.91 Å². The molecule has 8 heteroatoms. The Bertz CT molecular complexity index is 350. The Morgan fingerprint density at radius 3 is 2.31 bits per heavy atom. The van der Waals surface area contributed by atoms with Crippen LogP contribution in [0.3, 0.4) is 0 Å². The van der Waals surface area contributed by atoms with Crippen LogP contribution in [0, 0.1) is 0 Å². The van der Waals surface area contributed by atoms with Gasteiger partial charge in [-0.1, -0.05) is 0 Å². The molecule has 1 amide bonds. The van der Waals surface area contributed by atoms with Crippen LogP contribution < -0.4 is 0 Å². The fourth-order valence-corrected chi connectivity index (χ4v) is 1.37. The Morgan fingerprint density at radius 2 is 1.88 bits per heavy atom. The van der Waals surface area contributed by atoms with Crippen LogP contribution in [0.5, 0.6) is 0 Å². The first-order valence-electron chi connectivity index (χ1n) is 4.43. The molecule has 0 aromatic heterocycles. The number of nitrogens with zero attached hydrogens (tertiary/aromatic N) is 1. The molecule has 0 saturated heterocycles. The minimum absolute atomic E-state index is 0.0636. The Labute approximate surface area is 93.9 Å². The zero-order valence-corrected chi connectivity index (χ0v) is 9.99. The average Bonchev–Trinajstić information content (AvgIpc) is 2.12. The van der Waals surface area contributed by atoms with E-state index in [0.29, 0.717) is 0 Å². The molecule has 0 aliphatic heterocycles. The summed E-state index contributed by atoms with van der Waals surface area (Å²) >= 11 is 0. The Morgan fingerprint density at radius 1 is 1.31 bits per heavy atom. The zero-order valence-electron chi connectivity index (χ0n) is 9.17. The van der Waals surface area contributed by atoms with Crippen LogP contribution in [-0.2, 0) is 24.2 Å². The third-order valence-corrected chi connectivity index (χ3v) is 2.60. The maximum absolute atomic E-state index is 11.3. The third-order valence-electron chi connectivity index (χ3n) is 1.67. The molecule has 0 aromatic carbocycles. The second kappa shape index (κ2) is 6.44. The highest BCUT2D eigenvalue weighted by Crippen LogP contribution is 1.90. The number of carbonyl (C=O) groups is 2. The molecule has 7 nitrogen and oxygen atoms in total. The summed E-state index contributed by atoms with van der Waals surface area (Å²) in [4.78, 5) is 22.5. The van der Waals surface area contributed by atoms with E-state index in [2.05, 4.69) is 4.74 Å². The molecule has 0 radical (unpaired) electrons. The van der Waals surface area contributed by atoms with Gasteiger partial charge in [0.25, 0.3) is 0 Å². The van der Waals surface area contributed by atoms with E-state index in [4.69, 9.17) is 5.11 Å². The summed E-state index contributed by atoms with van der Waals surface area (Å²) in [5.74, 6) is -1.75. The number of amides is 1. The zero-order chi connectivity index (χ0) is 12.8. The van der Waals surface area contributed by atoms with Crippen molar-refractivity contribution in [3.63, 3.8) is 0 Å². The highest BCUT2D eigenvalue weighted by molar-refractivity contribution is 7.90. The van der Waals surface area contributed by atoms with Gasteiger partial charge in [0.05, 0.1) is 5.75 Å². The molecule has 0 aliphatic rings. The van der Waals surface area contributed by atoms with E-state index in [1.165, 1.54) is 11.9 Å². The molecular formula is C8H15NO6S. The van der Waals surface area contributed by atoms with Crippen molar-refractivity contribution in [2.24, 2.45) is 0 Å². The van der Waals surface area contributed by atoms with E-state index < -0.39 is 28.3 Å². The minimum atomic E-state index is -3.12. The van der Waals surface area contributed by atoms with Gasteiger partial charge in [-0.05, 0) is 0 Å². The van der Waals surface area contributed by atoms with Gasteiger partial charge in [-0.2, -0.15) is 0 Å². The first-order valence-corrected chi connectivity index (χ1v) is 6.49. The number of carboxylic acid groups (broad SMARTS) is 1. The van der Waals surface area contributed by atoms with Gasteiger partial charge < -0.3 is 14.7 Å². The molecule has 0 bridgehead atoms. The second-order valence-electron chi connectivity index (χ2n) is 3.33. The maximum atomic E-state index is 11.3. The van der Waals surface area contributed by atoms with Crippen molar-refractivity contribution in [2.75, 3.05) is 38.8 Å². The lowest BCUT2D eigenvalue weighted by atomic mass is 10.5. The standard InChI is InChI=1S/C8H15NO6S/c1-9(3-4-16(2,13)14)7(10)5-15-6-8(11)12/h3-6H2,1-2H3,(H,11,12). The molecular weight excluding hydrogens is 238 g/mol. The Hall–Kier alpha value is -1.15. The number of hydrogen-bond donors (Lipinski definition) is 1. The summed E-state index contributed by atoms with van der Waals surface area (Å²) in [5, 5.41) is 8.25. The van der Waals surface area contributed by atoms with Gasteiger partial charge >= 0.3 is 5.97 Å². The van der Waals surface area contributed by atoms with Crippen molar-refractivity contribution < 1.29 is 27.9 Å². The average molecular weight is 253 g/mol. The molecule has 0 unspecified atom stereocenters. The SMILES string of the molecule is CN(CCS(C)(=O)=O)C(=O)COCC(=O)O. The summed E-state index contributed by atoms with van der Waals surface area (Å²) in [6.45, 7) is -0.855. The van der Waals surface area contributed by atoms with Gasteiger partial charge in [-0.25, -0.2) is 13.2 Å². The molecule has 1 N–H and O–H groups in total. The van der Waals surface area contributed by atoms with Crippen molar-refractivity contribution in [3.05, 3.63) is 0 Å². The molecule has 0 aliphatic carbocycles. The highest BCUT2D eigenvalue weighted by atomic mass is 32.2. The van der Waals surface area contributed by atoms with Crippen LogP contribution in [0.25, 0.3) is 0 Å². The van der Waals surface area contributed by atoms with Crippen LogP contribution in [0.4, 0.5) is 0 Å². The van der Waals surface area contributed by atoms with Gasteiger partial charge in [-0.15, -0.1) is 0 Å². The van der Waals surface area contributed by atoms with Gasteiger partial charge in [-0.3, -0.25) is 4.79 Å². The number of aliphatic carboxylic acids is 1. The van der Waals surface area contributed by atoms with Crippen molar-refractivity contribution in [3.8, 4) is 0 Å². The summed E-state index contributed by atoms with van der Waals surface area (Å²) in [7, 11) is -1.69. The minimum Gasteiger partial charge on any atom is -0.480 e. The lowest BCUT2D eigenvalue weighted by Crippen LogP contribution is -2.34. The predicted octanol–water partition coefficient (Wildman–Crippen LogP) is -1.41. The monoisotopic (exact) mass is 253 g/mol. The largest absolute Gasteiger partial charge is 0.480 e. The lowest BCUT2D eigenvalue weighted by Gasteiger charge is -2.16.